The predicted molar refractivity (Wildman–Crippen MR) is 35.9 cm³/mol. The molecule has 0 fully saturated rings. The Morgan fingerprint density at radius 3 is 2.11 bits per heavy atom. The van der Waals surface area contributed by atoms with Crippen molar-refractivity contribution >= 4 is 16.1 Å². The molecule has 9 heavy (non-hydrogen) atoms. The zero-order valence-corrected chi connectivity index (χ0v) is 5.77. The fourth-order valence-electron chi connectivity index (χ4n) is 0.279. The molecule has 0 rings (SSSR count). The van der Waals surface area contributed by atoms with Gasteiger partial charge < -0.3 is 11.1 Å². The van der Waals surface area contributed by atoms with Crippen LogP contribution in [-0.2, 0) is 9.84 Å². The first-order valence-corrected chi connectivity index (χ1v) is 4.04. The third kappa shape index (κ3) is 2.27. The molecule has 0 spiro atoms. The number of allylic oxidation sites excluding steroid dienone is 1. The van der Waals surface area contributed by atoms with E-state index in [9.17, 15) is 8.42 Å². The summed E-state index contributed by atoms with van der Waals surface area (Å²) < 4.78 is 21.0. The van der Waals surface area contributed by atoms with Crippen molar-refractivity contribution in [3.8, 4) is 0 Å². The summed E-state index contributed by atoms with van der Waals surface area (Å²) in [7, 11) is -3.27. The lowest BCUT2D eigenvalue weighted by Gasteiger charge is -1.91. The van der Waals surface area contributed by atoms with Crippen molar-refractivity contribution in [1.82, 2.24) is 0 Å². The molecule has 0 amide bonds. The van der Waals surface area contributed by atoms with Crippen molar-refractivity contribution in [2.75, 3.05) is 6.26 Å². The number of nitrogens with two attached hydrogens (primary N) is 1. The molecule has 0 radical (unpaired) electrons. The zero-order chi connectivity index (χ0) is 7.49. The molecule has 0 aliphatic rings. The van der Waals surface area contributed by atoms with Crippen LogP contribution in [-0.4, -0.2) is 20.9 Å². The van der Waals surface area contributed by atoms with Gasteiger partial charge in [0.15, 0.2) is 9.84 Å². The van der Waals surface area contributed by atoms with E-state index in [1.54, 1.807) is 0 Å². The first-order valence-electron chi connectivity index (χ1n) is 2.15. The summed E-state index contributed by atoms with van der Waals surface area (Å²) in [6, 6.07) is 0. The molecule has 0 aliphatic heterocycles. The van der Waals surface area contributed by atoms with Gasteiger partial charge in [-0.25, -0.2) is 8.42 Å². The summed E-state index contributed by atoms with van der Waals surface area (Å²) in [6.07, 6.45) is 2.59. The van der Waals surface area contributed by atoms with Crippen LogP contribution in [0.15, 0.2) is 11.1 Å². The van der Waals surface area contributed by atoms with Gasteiger partial charge in [-0.1, -0.05) is 0 Å². The van der Waals surface area contributed by atoms with Gasteiger partial charge in [0.2, 0.25) is 0 Å². The van der Waals surface area contributed by atoms with Crippen LogP contribution in [0.5, 0.6) is 0 Å². The second kappa shape index (κ2) is 2.63. The average Bonchev–Trinajstić information content (AvgIpc) is 1.65. The Labute approximate surface area is 53.8 Å². The van der Waals surface area contributed by atoms with Crippen LogP contribution in [0.2, 0.25) is 0 Å². The van der Waals surface area contributed by atoms with Gasteiger partial charge in [-0.2, -0.15) is 0 Å². The zero-order valence-electron chi connectivity index (χ0n) is 4.96. The van der Waals surface area contributed by atoms with Crippen LogP contribution >= 0.6 is 0 Å². The normalized spacial score (nSPS) is 13.2. The molecule has 0 unspecified atom stereocenters. The van der Waals surface area contributed by atoms with Crippen LogP contribution < -0.4 is 5.73 Å². The van der Waals surface area contributed by atoms with E-state index in [0.29, 0.717) is 6.21 Å². The Bertz CT molecular complexity index is 227. The van der Waals surface area contributed by atoms with E-state index >= 15 is 0 Å². The van der Waals surface area contributed by atoms with Crippen LogP contribution in [0.4, 0.5) is 0 Å². The molecular formula is C4H8N2O2S. The van der Waals surface area contributed by atoms with Gasteiger partial charge in [0.1, 0.15) is 0 Å². The number of rotatable bonds is 2. The first-order chi connectivity index (χ1) is 4.02. The second-order valence-electron chi connectivity index (χ2n) is 1.49. The SMILES string of the molecule is CS(=O)(=O)/C(C=N)=C/N. The number of hydrogen-bond acceptors (Lipinski definition) is 4. The number of hydrogen-bond donors (Lipinski definition) is 2. The standard InChI is InChI=1S/C4H8N2O2S/c1-9(7,8)4(2-5)3-6/h2-3,5H,6H2,1H3/b4-3+,5-2?. The van der Waals surface area contributed by atoms with Crippen LogP contribution in [0.1, 0.15) is 0 Å². The van der Waals surface area contributed by atoms with Crippen LogP contribution in [0, 0.1) is 5.41 Å². The Kier molecular flexibility index (Phi) is 2.39. The second-order valence-corrected chi connectivity index (χ2v) is 3.50. The highest BCUT2D eigenvalue weighted by atomic mass is 32.2. The molecule has 0 aliphatic carbocycles. The van der Waals surface area contributed by atoms with Crippen LogP contribution in [0.25, 0.3) is 0 Å². The van der Waals surface area contributed by atoms with E-state index < -0.39 is 9.84 Å². The van der Waals surface area contributed by atoms with Gasteiger partial charge in [0.05, 0.1) is 4.91 Å². The summed E-state index contributed by atoms with van der Waals surface area (Å²) in [4.78, 5) is -0.164. The highest BCUT2D eigenvalue weighted by Crippen LogP contribution is 1.96. The molecule has 52 valence electrons. The van der Waals surface area contributed by atoms with Crippen molar-refractivity contribution in [1.29, 1.82) is 5.41 Å². The summed E-state index contributed by atoms with van der Waals surface area (Å²) >= 11 is 0. The molecule has 0 atom stereocenters. The maximum absolute atomic E-state index is 10.5. The molecule has 0 heterocycles. The molecule has 3 N–H and O–H groups in total. The smallest absolute Gasteiger partial charge is 0.178 e. The van der Waals surface area contributed by atoms with Gasteiger partial charge in [0, 0.05) is 18.7 Å². The fourth-order valence-corrected chi connectivity index (χ4v) is 0.740. The Balaban J connectivity index is 4.77. The maximum Gasteiger partial charge on any atom is 0.178 e. The highest BCUT2D eigenvalue weighted by Gasteiger charge is 2.05. The van der Waals surface area contributed by atoms with E-state index in [0.717, 1.165) is 12.5 Å². The van der Waals surface area contributed by atoms with Crippen molar-refractivity contribution in [3.63, 3.8) is 0 Å². The Morgan fingerprint density at radius 2 is 2.11 bits per heavy atom. The fraction of sp³-hybridized carbons (Fsp3) is 0.250. The minimum atomic E-state index is -3.27. The lowest BCUT2D eigenvalue weighted by Crippen LogP contribution is -2.03. The monoisotopic (exact) mass is 148 g/mol. The predicted octanol–water partition coefficient (Wildman–Crippen LogP) is -0.519. The molecule has 0 aromatic carbocycles. The average molecular weight is 148 g/mol. The van der Waals surface area contributed by atoms with Crippen LogP contribution in [0.3, 0.4) is 0 Å². The molecule has 0 aromatic heterocycles. The van der Waals surface area contributed by atoms with E-state index in [1.165, 1.54) is 0 Å². The summed E-state index contributed by atoms with van der Waals surface area (Å²) in [5, 5.41) is 6.56. The molecule has 4 nitrogen and oxygen atoms in total. The largest absolute Gasteiger partial charge is 0.404 e. The lowest BCUT2D eigenvalue weighted by molar-refractivity contribution is 0.609. The third-order valence-corrected chi connectivity index (χ3v) is 1.84. The van der Waals surface area contributed by atoms with E-state index in [-0.39, 0.29) is 4.91 Å². The summed E-state index contributed by atoms with van der Waals surface area (Å²) in [5.41, 5.74) is 4.88. The minimum Gasteiger partial charge on any atom is -0.404 e. The van der Waals surface area contributed by atoms with Crippen molar-refractivity contribution in [3.05, 3.63) is 11.1 Å². The van der Waals surface area contributed by atoms with Gasteiger partial charge in [0.25, 0.3) is 0 Å². The van der Waals surface area contributed by atoms with Crippen molar-refractivity contribution in [2.24, 2.45) is 5.73 Å². The van der Waals surface area contributed by atoms with Gasteiger partial charge in [-0.3, -0.25) is 0 Å². The van der Waals surface area contributed by atoms with Crippen molar-refractivity contribution in [2.45, 2.75) is 0 Å². The quantitative estimate of drug-likeness (QED) is 0.517. The first kappa shape index (κ1) is 8.16. The maximum atomic E-state index is 10.5. The van der Waals surface area contributed by atoms with Gasteiger partial charge >= 0.3 is 0 Å². The summed E-state index contributed by atoms with van der Waals surface area (Å²) in [6.45, 7) is 0. The topological polar surface area (TPSA) is 84.0 Å². The van der Waals surface area contributed by atoms with Crippen molar-refractivity contribution < 1.29 is 8.42 Å². The molecule has 0 saturated carbocycles. The van der Waals surface area contributed by atoms with Gasteiger partial charge in [-0.05, 0) is 0 Å². The third-order valence-electron chi connectivity index (χ3n) is 0.735. The Hall–Kier alpha value is -0.840. The Morgan fingerprint density at radius 1 is 1.67 bits per heavy atom. The molecular weight excluding hydrogens is 140 g/mol. The molecule has 0 saturated heterocycles. The molecule has 0 aromatic rings. The molecule has 5 heteroatoms. The van der Waals surface area contributed by atoms with E-state index in [2.05, 4.69) is 0 Å². The minimum absolute atomic E-state index is 0.164. The summed E-state index contributed by atoms with van der Waals surface area (Å²) in [5.74, 6) is 0. The van der Waals surface area contributed by atoms with Gasteiger partial charge in [-0.15, -0.1) is 0 Å². The van der Waals surface area contributed by atoms with E-state index in [1.807, 2.05) is 0 Å². The molecule has 0 bridgehead atoms. The number of nitrogens with one attached hydrogen (secondary N) is 1. The lowest BCUT2D eigenvalue weighted by atomic mass is 10.7. The number of sulfone groups is 1. The highest BCUT2D eigenvalue weighted by molar-refractivity contribution is 7.95. The van der Waals surface area contributed by atoms with E-state index in [4.69, 9.17) is 11.1 Å².